The minimum Gasteiger partial charge on any atom is -0.414 e. The number of ether oxygens (including phenoxy) is 1. The summed E-state index contributed by atoms with van der Waals surface area (Å²) in [5.74, 6) is 0. The SMILES string of the molecule is C=CC[C@@H](CC/C(C)=C/C=C/CC/C=C\[C@H](CO[Si](C)(C)C(C)(C)C)NC(=S)C(C)(C)C)OC. The molecule has 34 heavy (non-hydrogen) atoms. The van der Waals surface area contributed by atoms with Gasteiger partial charge in [-0.3, -0.25) is 0 Å². The minimum absolute atomic E-state index is 0.0553. The molecule has 0 rings (SSSR count). The molecule has 0 aromatic heterocycles. The molecule has 0 amide bonds. The summed E-state index contributed by atoms with van der Waals surface area (Å²) in [5.41, 5.74) is 1.32. The maximum Gasteiger partial charge on any atom is 0.192 e. The van der Waals surface area contributed by atoms with Crippen LogP contribution in [0, 0.1) is 5.41 Å². The molecule has 0 aromatic carbocycles. The number of methoxy groups -OCH3 is 1. The number of nitrogens with one attached hydrogen (secondary N) is 1. The molecule has 0 spiro atoms. The van der Waals surface area contributed by atoms with Gasteiger partial charge in [0, 0.05) is 12.5 Å². The van der Waals surface area contributed by atoms with Crippen LogP contribution >= 0.6 is 12.2 Å². The molecule has 5 heteroatoms. The monoisotopic (exact) mass is 507 g/mol. The van der Waals surface area contributed by atoms with Crippen molar-refractivity contribution in [3.63, 3.8) is 0 Å². The van der Waals surface area contributed by atoms with Crippen molar-refractivity contribution in [2.45, 2.75) is 111 Å². The Morgan fingerprint density at radius 1 is 1.09 bits per heavy atom. The maximum absolute atomic E-state index is 6.48. The quantitative estimate of drug-likeness (QED) is 0.0790. The molecule has 0 aliphatic heterocycles. The molecule has 0 saturated heterocycles. The fourth-order valence-electron chi connectivity index (χ4n) is 2.82. The molecule has 2 atom stereocenters. The largest absolute Gasteiger partial charge is 0.414 e. The maximum atomic E-state index is 6.48. The van der Waals surface area contributed by atoms with E-state index in [1.165, 1.54) is 5.57 Å². The first-order valence-corrected chi connectivity index (χ1v) is 16.0. The summed E-state index contributed by atoms with van der Waals surface area (Å²) in [6, 6.07) is 0.0938. The Morgan fingerprint density at radius 3 is 2.24 bits per heavy atom. The van der Waals surface area contributed by atoms with Gasteiger partial charge in [0.05, 0.1) is 23.7 Å². The van der Waals surface area contributed by atoms with E-state index in [1.54, 1.807) is 7.11 Å². The zero-order valence-electron chi connectivity index (χ0n) is 23.8. The Bertz CT molecular complexity index is 696. The highest BCUT2D eigenvalue weighted by molar-refractivity contribution is 7.80. The summed E-state index contributed by atoms with van der Waals surface area (Å²) < 4.78 is 12.0. The van der Waals surface area contributed by atoms with E-state index in [0.29, 0.717) is 6.61 Å². The van der Waals surface area contributed by atoms with E-state index in [2.05, 4.69) is 104 Å². The van der Waals surface area contributed by atoms with Gasteiger partial charge in [0.25, 0.3) is 0 Å². The third-order valence-electron chi connectivity index (χ3n) is 6.44. The van der Waals surface area contributed by atoms with Crippen molar-refractivity contribution in [3.8, 4) is 0 Å². The third-order valence-corrected chi connectivity index (χ3v) is 11.7. The average Bonchev–Trinajstić information content (AvgIpc) is 2.72. The van der Waals surface area contributed by atoms with Gasteiger partial charge in [-0.15, -0.1) is 6.58 Å². The van der Waals surface area contributed by atoms with E-state index in [1.807, 2.05) is 6.08 Å². The van der Waals surface area contributed by atoms with Crippen molar-refractivity contribution < 1.29 is 9.16 Å². The fourth-order valence-corrected chi connectivity index (χ4v) is 4.00. The number of hydrogen-bond donors (Lipinski definition) is 1. The van der Waals surface area contributed by atoms with Gasteiger partial charge in [-0.25, -0.2) is 0 Å². The Hall–Kier alpha value is -1.01. The second kappa shape index (κ2) is 15.9. The number of rotatable bonds is 15. The van der Waals surface area contributed by atoms with Crippen molar-refractivity contribution >= 4 is 25.5 Å². The Labute approximate surface area is 218 Å². The smallest absolute Gasteiger partial charge is 0.192 e. The molecule has 0 unspecified atom stereocenters. The van der Waals surface area contributed by atoms with Crippen LogP contribution in [0.15, 0.2) is 48.6 Å². The Morgan fingerprint density at radius 2 is 1.71 bits per heavy atom. The highest BCUT2D eigenvalue weighted by atomic mass is 32.1. The van der Waals surface area contributed by atoms with E-state index in [9.17, 15) is 0 Å². The van der Waals surface area contributed by atoms with Crippen LogP contribution in [0.3, 0.4) is 0 Å². The topological polar surface area (TPSA) is 30.5 Å². The molecule has 196 valence electrons. The van der Waals surface area contributed by atoms with E-state index >= 15 is 0 Å². The molecule has 0 saturated carbocycles. The lowest BCUT2D eigenvalue weighted by Gasteiger charge is -2.37. The van der Waals surface area contributed by atoms with Gasteiger partial charge < -0.3 is 14.5 Å². The standard InChI is InChI=1S/C29H53NO2SSi/c1-12-18-26(31-9)22-21-24(2)19-16-14-13-15-17-20-25(30-27(33)28(3,4)5)23-32-34(10,11)29(6,7)8/h12,14,16-17,19-20,25-26H,1,13,15,18,21-23H2,2-11H3,(H,30,33)/b16-14+,20-17-,24-19+/t25-,26+/m1/s1. The highest BCUT2D eigenvalue weighted by Gasteiger charge is 2.37. The van der Waals surface area contributed by atoms with Gasteiger partial charge in [0.2, 0.25) is 0 Å². The van der Waals surface area contributed by atoms with Crippen LogP contribution in [0.2, 0.25) is 18.1 Å². The predicted molar refractivity (Wildman–Crippen MR) is 158 cm³/mol. The fraction of sp³-hybridized carbons (Fsp3) is 0.690. The summed E-state index contributed by atoms with van der Waals surface area (Å²) in [5, 5.41) is 3.73. The van der Waals surface area contributed by atoms with Crippen LogP contribution in [0.5, 0.6) is 0 Å². The van der Waals surface area contributed by atoms with Crippen molar-refractivity contribution in [1.82, 2.24) is 5.32 Å². The molecule has 1 N–H and O–H groups in total. The number of thiocarbonyl (C=S) groups is 1. The molecule has 0 radical (unpaired) electrons. The van der Waals surface area contributed by atoms with Crippen molar-refractivity contribution in [2.75, 3.05) is 13.7 Å². The van der Waals surface area contributed by atoms with Crippen molar-refractivity contribution in [1.29, 1.82) is 0 Å². The average molecular weight is 508 g/mol. The molecule has 0 aliphatic rings. The van der Waals surface area contributed by atoms with Gasteiger partial charge in [-0.1, -0.05) is 95.8 Å². The number of hydrogen-bond acceptors (Lipinski definition) is 3. The summed E-state index contributed by atoms with van der Waals surface area (Å²) in [6.07, 6.45) is 18.3. The van der Waals surface area contributed by atoms with Crippen LogP contribution in [-0.4, -0.2) is 39.2 Å². The van der Waals surface area contributed by atoms with Crippen LogP contribution in [0.1, 0.15) is 80.6 Å². The summed E-state index contributed by atoms with van der Waals surface area (Å²) in [7, 11) is -0.0349. The lowest BCUT2D eigenvalue weighted by Crippen LogP contribution is -2.47. The minimum atomic E-state index is -1.81. The summed E-state index contributed by atoms with van der Waals surface area (Å²) in [4.78, 5) is 0.880. The molecular weight excluding hydrogens is 454 g/mol. The van der Waals surface area contributed by atoms with Gasteiger partial charge in [0.15, 0.2) is 8.32 Å². The van der Waals surface area contributed by atoms with Gasteiger partial charge in [0.1, 0.15) is 0 Å². The van der Waals surface area contributed by atoms with E-state index in [4.69, 9.17) is 21.4 Å². The van der Waals surface area contributed by atoms with Gasteiger partial charge in [-0.2, -0.15) is 0 Å². The molecule has 0 fully saturated rings. The third kappa shape index (κ3) is 14.4. The van der Waals surface area contributed by atoms with Crippen LogP contribution in [0.25, 0.3) is 0 Å². The van der Waals surface area contributed by atoms with Crippen LogP contribution < -0.4 is 5.32 Å². The molecule has 0 bridgehead atoms. The van der Waals surface area contributed by atoms with Gasteiger partial charge >= 0.3 is 0 Å². The molecule has 0 heterocycles. The van der Waals surface area contributed by atoms with E-state index in [0.717, 1.165) is 37.1 Å². The second-order valence-corrected chi connectivity index (χ2v) is 17.0. The zero-order valence-corrected chi connectivity index (χ0v) is 25.6. The zero-order chi connectivity index (χ0) is 26.4. The first kappa shape index (κ1) is 33.0. The first-order chi connectivity index (χ1) is 15.6. The first-order valence-electron chi connectivity index (χ1n) is 12.7. The lowest BCUT2D eigenvalue weighted by molar-refractivity contribution is 0.0981. The molecular formula is C29H53NO2SSi. The van der Waals surface area contributed by atoms with E-state index in [-0.39, 0.29) is 22.6 Å². The Balaban J connectivity index is 4.80. The number of allylic oxidation sites excluding steroid dienone is 5. The van der Waals surface area contributed by atoms with Crippen LogP contribution in [0.4, 0.5) is 0 Å². The number of unbranched alkanes of at least 4 members (excludes halogenated alkanes) is 1. The van der Waals surface area contributed by atoms with Crippen molar-refractivity contribution in [2.24, 2.45) is 5.41 Å². The van der Waals surface area contributed by atoms with Gasteiger partial charge in [-0.05, 0) is 57.2 Å². The highest BCUT2D eigenvalue weighted by Crippen LogP contribution is 2.36. The summed E-state index contributed by atoms with van der Waals surface area (Å²) in [6.45, 7) is 24.5. The van der Waals surface area contributed by atoms with E-state index < -0.39 is 8.32 Å². The molecule has 3 nitrogen and oxygen atoms in total. The summed E-state index contributed by atoms with van der Waals surface area (Å²) >= 11 is 5.65. The second-order valence-electron chi connectivity index (χ2n) is 11.8. The van der Waals surface area contributed by atoms with Crippen LogP contribution in [-0.2, 0) is 9.16 Å². The predicted octanol–water partition coefficient (Wildman–Crippen LogP) is 8.55. The normalized spacial score (nSPS) is 15.6. The lowest BCUT2D eigenvalue weighted by atomic mass is 9.96. The Kier molecular flexibility index (Phi) is 15.4. The van der Waals surface area contributed by atoms with Crippen molar-refractivity contribution in [3.05, 3.63) is 48.6 Å². The molecule has 0 aromatic rings. The molecule has 0 aliphatic carbocycles.